The maximum atomic E-state index is 12.5. The van der Waals surface area contributed by atoms with Gasteiger partial charge in [0.25, 0.3) is 12.4 Å². The van der Waals surface area contributed by atoms with E-state index in [9.17, 15) is 15.2 Å². The number of aliphatic hydroxyl groups excluding tert-OH is 1. The van der Waals surface area contributed by atoms with Crippen molar-refractivity contribution in [2.75, 3.05) is 32.8 Å². The fourth-order valence-electron chi connectivity index (χ4n) is 6.36. The van der Waals surface area contributed by atoms with Gasteiger partial charge < -0.3 is 29.3 Å². The Labute approximate surface area is 308 Å². The monoisotopic (exact) mass is 726 g/mol. The van der Waals surface area contributed by atoms with Crippen molar-refractivity contribution in [3.8, 4) is 34.4 Å². The number of pyridine rings is 1. The summed E-state index contributed by atoms with van der Waals surface area (Å²) in [6.45, 7) is 6.00. The minimum atomic E-state index is -0.459. The predicted molar refractivity (Wildman–Crippen MR) is 196 cm³/mol. The number of halogens is 1. The fourth-order valence-corrected chi connectivity index (χ4v) is 6.60. The second-order valence-corrected chi connectivity index (χ2v) is 13.2. The van der Waals surface area contributed by atoms with Gasteiger partial charge in [0.05, 0.1) is 16.7 Å². The molecule has 2 aliphatic rings. The maximum absolute atomic E-state index is 12.5. The van der Waals surface area contributed by atoms with Crippen molar-refractivity contribution in [3.05, 3.63) is 106 Å². The van der Waals surface area contributed by atoms with E-state index in [1.54, 1.807) is 17.2 Å². The standard InChI is InChI=1S/C39H41ClN4O5.CH2O2/c1-27-31(8-6-10-35(27)30-7-5-9-34(16-30)47-26-39(46)44-14-11-33(45)23-44)25-49-38-18-37(48-24-29-15-28(19-41)20-42-21-29)32(17-36(38)40)22-43-12-3-2-4-13-43;2-1-3/h5-10,15-18,20-21,33,45H,2-4,11-14,22-26H2,1H3;1H,(H,2,3). The number of hydrogen-bond donors (Lipinski definition) is 2. The molecule has 3 heterocycles. The van der Waals surface area contributed by atoms with E-state index in [0.717, 1.165) is 53.0 Å². The molecule has 272 valence electrons. The van der Waals surface area contributed by atoms with Gasteiger partial charge in [-0.1, -0.05) is 48.4 Å². The number of amides is 1. The molecule has 52 heavy (non-hydrogen) atoms. The molecule has 2 aliphatic heterocycles. The molecule has 6 rings (SSSR count). The Morgan fingerprint density at radius 3 is 2.50 bits per heavy atom. The van der Waals surface area contributed by atoms with Crippen molar-refractivity contribution in [1.29, 1.82) is 5.26 Å². The van der Waals surface area contributed by atoms with Crippen LogP contribution in [0.4, 0.5) is 0 Å². The van der Waals surface area contributed by atoms with Gasteiger partial charge in [-0.3, -0.25) is 19.5 Å². The third kappa shape index (κ3) is 10.4. The van der Waals surface area contributed by atoms with Crippen molar-refractivity contribution in [1.82, 2.24) is 14.8 Å². The fraction of sp³-hybridized carbons (Fsp3) is 0.350. The van der Waals surface area contributed by atoms with Gasteiger partial charge in [0.1, 0.15) is 36.5 Å². The van der Waals surface area contributed by atoms with E-state index >= 15 is 0 Å². The number of β-amino-alcohol motifs (C(OH)–C–C–N with tert-alkyl or cyclic N) is 1. The summed E-state index contributed by atoms with van der Waals surface area (Å²) in [4.78, 5) is 29.1. The van der Waals surface area contributed by atoms with Crippen molar-refractivity contribution >= 4 is 24.0 Å². The highest BCUT2D eigenvalue weighted by molar-refractivity contribution is 6.32. The molecule has 2 fully saturated rings. The number of hydrogen-bond acceptors (Lipinski definition) is 9. The van der Waals surface area contributed by atoms with E-state index in [1.807, 2.05) is 48.5 Å². The molecule has 0 aliphatic carbocycles. The topological polar surface area (TPSA) is 145 Å². The van der Waals surface area contributed by atoms with E-state index in [1.165, 1.54) is 25.5 Å². The van der Waals surface area contributed by atoms with Crippen LogP contribution in [0, 0.1) is 18.3 Å². The smallest absolute Gasteiger partial charge is 0.290 e. The lowest BCUT2D eigenvalue weighted by atomic mass is 9.96. The lowest BCUT2D eigenvalue weighted by Gasteiger charge is -2.27. The maximum Gasteiger partial charge on any atom is 0.290 e. The quantitative estimate of drug-likeness (QED) is 0.157. The number of piperidine rings is 1. The second kappa shape index (κ2) is 18.9. The lowest BCUT2D eigenvalue weighted by molar-refractivity contribution is -0.132. The lowest BCUT2D eigenvalue weighted by Crippen LogP contribution is -2.33. The average molecular weight is 727 g/mol. The summed E-state index contributed by atoms with van der Waals surface area (Å²) < 4.78 is 18.5. The minimum Gasteiger partial charge on any atom is -0.488 e. The Morgan fingerprint density at radius 1 is 0.981 bits per heavy atom. The van der Waals surface area contributed by atoms with Gasteiger partial charge in [0, 0.05) is 49.2 Å². The number of aliphatic hydroxyl groups is 1. The van der Waals surface area contributed by atoms with Gasteiger partial charge in [-0.2, -0.15) is 5.26 Å². The minimum absolute atomic E-state index is 0.0739. The summed E-state index contributed by atoms with van der Waals surface area (Å²) in [5.74, 6) is 1.69. The highest BCUT2D eigenvalue weighted by atomic mass is 35.5. The number of benzene rings is 3. The average Bonchev–Trinajstić information content (AvgIpc) is 3.60. The van der Waals surface area contributed by atoms with Gasteiger partial charge >= 0.3 is 0 Å². The summed E-state index contributed by atoms with van der Waals surface area (Å²) in [6.07, 6.45) is 6.99. The van der Waals surface area contributed by atoms with Gasteiger partial charge in [-0.25, -0.2) is 0 Å². The molecule has 12 heteroatoms. The summed E-state index contributed by atoms with van der Waals surface area (Å²) in [7, 11) is 0. The number of likely N-dealkylation sites (tertiary alicyclic amines) is 2. The zero-order valence-corrected chi connectivity index (χ0v) is 29.9. The number of carbonyl (C=O) groups excluding carboxylic acids is 1. The first-order valence-corrected chi connectivity index (χ1v) is 17.7. The van der Waals surface area contributed by atoms with Crippen LogP contribution in [0.1, 0.15) is 53.5 Å². The van der Waals surface area contributed by atoms with Crippen molar-refractivity contribution < 1.29 is 34.0 Å². The first kappa shape index (κ1) is 38.1. The molecule has 1 amide bonds. The number of carbonyl (C=O) groups is 2. The van der Waals surface area contributed by atoms with Crippen LogP contribution in [0.3, 0.4) is 0 Å². The molecule has 2 saturated heterocycles. The molecular formula is C40H43ClN4O7. The predicted octanol–water partition coefficient (Wildman–Crippen LogP) is 6.40. The number of carboxylic acid groups (broad SMARTS) is 1. The van der Waals surface area contributed by atoms with E-state index in [-0.39, 0.29) is 25.6 Å². The molecule has 4 aromatic rings. The van der Waals surface area contributed by atoms with Gasteiger partial charge in [0.15, 0.2) is 6.61 Å². The summed E-state index contributed by atoms with van der Waals surface area (Å²) in [5.41, 5.74) is 6.33. The third-order valence-corrected chi connectivity index (χ3v) is 9.42. The first-order chi connectivity index (χ1) is 25.3. The van der Waals surface area contributed by atoms with Crippen LogP contribution in [-0.2, 0) is 29.3 Å². The SMILES string of the molecule is Cc1c(COc2cc(OCc3cncc(C#N)c3)c(CN3CCCCC3)cc2Cl)cccc1-c1cccc(OCC(=O)N2CCC(O)C2)c1.O=CO. The third-order valence-electron chi connectivity index (χ3n) is 9.13. The molecule has 1 aromatic heterocycles. The van der Waals surface area contributed by atoms with Crippen LogP contribution in [0.15, 0.2) is 73.1 Å². The van der Waals surface area contributed by atoms with Crippen LogP contribution < -0.4 is 14.2 Å². The normalized spacial score (nSPS) is 15.6. The van der Waals surface area contributed by atoms with Crippen LogP contribution in [0.25, 0.3) is 11.1 Å². The molecule has 11 nitrogen and oxygen atoms in total. The van der Waals surface area contributed by atoms with Crippen molar-refractivity contribution in [2.45, 2.75) is 58.5 Å². The molecular weight excluding hydrogens is 684 g/mol. The van der Waals surface area contributed by atoms with Gasteiger partial charge in [0.2, 0.25) is 0 Å². The van der Waals surface area contributed by atoms with E-state index in [2.05, 4.69) is 28.9 Å². The number of rotatable bonds is 12. The van der Waals surface area contributed by atoms with E-state index in [4.69, 9.17) is 35.7 Å². The molecule has 1 unspecified atom stereocenters. The van der Waals surface area contributed by atoms with Gasteiger partial charge in [-0.05, 0) is 85.8 Å². The van der Waals surface area contributed by atoms with Gasteiger partial charge in [-0.15, -0.1) is 0 Å². The molecule has 2 N–H and O–H groups in total. The molecule has 0 radical (unpaired) electrons. The number of ether oxygens (including phenoxy) is 3. The summed E-state index contributed by atoms with van der Waals surface area (Å²) >= 11 is 6.83. The molecule has 0 saturated carbocycles. The zero-order chi connectivity index (χ0) is 36.9. The summed E-state index contributed by atoms with van der Waals surface area (Å²) in [6, 6.07) is 21.5. The van der Waals surface area contributed by atoms with Crippen LogP contribution >= 0.6 is 11.6 Å². The highest BCUT2D eigenvalue weighted by Crippen LogP contribution is 2.36. The van der Waals surface area contributed by atoms with E-state index in [0.29, 0.717) is 54.0 Å². The number of nitrogens with zero attached hydrogens (tertiary/aromatic N) is 4. The second-order valence-electron chi connectivity index (χ2n) is 12.8. The number of nitriles is 1. The zero-order valence-electron chi connectivity index (χ0n) is 29.2. The molecule has 1 atom stereocenters. The molecule has 0 bridgehead atoms. The van der Waals surface area contributed by atoms with E-state index < -0.39 is 6.10 Å². The van der Waals surface area contributed by atoms with Crippen molar-refractivity contribution in [3.63, 3.8) is 0 Å². The first-order valence-electron chi connectivity index (χ1n) is 17.3. The molecule has 3 aromatic carbocycles. The Morgan fingerprint density at radius 2 is 1.75 bits per heavy atom. The number of aromatic nitrogens is 1. The Bertz CT molecular complexity index is 1880. The largest absolute Gasteiger partial charge is 0.488 e. The van der Waals surface area contributed by atoms with Crippen LogP contribution in [-0.4, -0.2) is 76.3 Å². The summed E-state index contributed by atoms with van der Waals surface area (Å²) in [5, 5.41) is 26.5. The van der Waals surface area contributed by atoms with Crippen LogP contribution in [0.2, 0.25) is 5.02 Å². The van der Waals surface area contributed by atoms with Crippen LogP contribution in [0.5, 0.6) is 17.2 Å². The highest BCUT2D eigenvalue weighted by Gasteiger charge is 2.25. The Balaban J connectivity index is 0.00000168. The Hall–Kier alpha value is -5.15. The Kier molecular flexibility index (Phi) is 13.8. The molecule has 0 spiro atoms. The van der Waals surface area contributed by atoms with Crippen molar-refractivity contribution in [2.24, 2.45) is 0 Å².